The molecule has 0 radical (unpaired) electrons. The molecular weight excluding hydrogens is 280 g/mol. The molecule has 0 aliphatic rings. The van der Waals surface area contributed by atoms with Gasteiger partial charge in [0.25, 0.3) is 0 Å². The minimum atomic E-state index is -0.738. The van der Waals surface area contributed by atoms with Gasteiger partial charge in [-0.1, -0.05) is 62.6 Å². The van der Waals surface area contributed by atoms with Crippen molar-refractivity contribution in [2.24, 2.45) is 0 Å². The Kier molecular flexibility index (Phi) is 15.0. The Bertz CT molecular complexity index is 345. The van der Waals surface area contributed by atoms with Gasteiger partial charge in [0, 0.05) is 6.42 Å². The molecule has 0 aromatic heterocycles. The fourth-order valence-corrected chi connectivity index (χ4v) is 2.00. The van der Waals surface area contributed by atoms with Crippen LogP contribution in [-0.4, -0.2) is 22.4 Å². The molecule has 0 fully saturated rings. The van der Waals surface area contributed by atoms with Crippen LogP contribution in [0.4, 0.5) is 0 Å². The number of carbonyl (C=O) groups is 1. The maximum Gasteiger partial charge on any atom is 0.303 e. The van der Waals surface area contributed by atoms with Gasteiger partial charge in [0.2, 0.25) is 0 Å². The van der Waals surface area contributed by atoms with E-state index in [-0.39, 0.29) is 12.5 Å². The zero-order valence-corrected chi connectivity index (χ0v) is 13.6. The van der Waals surface area contributed by atoms with Crippen LogP contribution < -0.4 is 0 Å². The van der Waals surface area contributed by atoms with Gasteiger partial charge >= 0.3 is 5.97 Å². The van der Waals surface area contributed by atoms with E-state index in [1.807, 2.05) is 12.2 Å². The number of rotatable bonds is 14. The summed E-state index contributed by atoms with van der Waals surface area (Å²) in [5.41, 5.74) is 0. The molecule has 0 aromatic carbocycles. The van der Waals surface area contributed by atoms with Crippen molar-refractivity contribution >= 4 is 5.97 Å². The molecule has 0 saturated carbocycles. The van der Waals surface area contributed by atoms with E-state index >= 15 is 0 Å². The number of carboxylic acid groups (broad SMARTS) is 1. The van der Waals surface area contributed by atoms with E-state index in [9.17, 15) is 4.79 Å². The normalized spacial score (nSPS) is 13.5. The van der Waals surface area contributed by atoms with Crippen LogP contribution in [0.1, 0.15) is 64.7 Å². The average Bonchev–Trinajstić information content (AvgIpc) is 2.50. The zero-order valence-electron chi connectivity index (χ0n) is 13.6. The SMILES string of the molecule is CC/C=C\C/C=C\C/C=C\C(CCCCCCC(=O)O)OO. The lowest BCUT2D eigenvalue weighted by Crippen LogP contribution is -2.06. The molecule has 22 heavy (non-hydrogen) atoms. The molecule has 4 heteroatoms. The number of aliphatic carboxylic acids is 1. The highest BCUT2D eigenvalue weighted by atomic mass is 17.1. The first-order chi connectivity index (χ1) is 10.7. The standard InChI is InChI=1S/C18H30O4/c1-2-3-4-5-6-7-8-11-14-17(22-21)15-12-9-10-13-16-18(19)20/h3-4,6-7,11,14,17,21H,2,5,8-10,12-13,15-16H2,1H3,(H,19,20)/b4-3-,7-6-,14-11-. The number of allylic oxidation sites excluding steroid dienone is 5. The minimum Gasteiger partial charge on any atom is -0.481 e. The first-order valence-corrected chi connectivity index (χ1v) is 8.19. The van der Waals surface area contributed by atoms with Crippen LogP contribution in [0.25, 0.3) is 0 Å². The molecule has 0 saturated heterocycles. The third kappa shape index (κ3) is 15.0. The van der Waals surface area contributed by atoms with E-state index in [0.29, 0.717) is 6.42 Å². The van der Waals surface area contributed by atoms with Crippen molar-refractivity contribution in [2.45, 2.75) is 70.8 Å². The van der Waals surface area contributed by atoms with Gasteiger partial charge in [0.1, 0.15) is 6.10 Å². The Hall–Kier alpha value is -1.39. The highest BCUT2D eigenvalue weighted by Gasteiger charge is 2.04. The molecule has 0 heterocycles. The van der Waals surface area contributed by atoms with Gasteiger partial charge in [-0.3, -0.25) is 10.1 Å². The molecule has 0 amide bonds. The maximum absolute atomic E-state index is 10.4. The molecule has 2 N–H and O–H groups in total. The monoisotopic (exact) mass is 310 g/mol. The molecule has 0 aliphatic carbocycles. The van der Waals surface area contributed by atoms with Crippen LogP contribution >= 0.6 is 0 Å². The molecule has 0 spiro atoms. The molecule has 0 bridgehead atoms. The predicted octanol–water partition coefficient (Wildman–Crippen LogP) is 5.13. The third-order valence-corrected chi connectivity index (χ3v) is 3.23. The second kappa shape index (κ2) is 16.0. The van der Waals surface area contributed by atoms with E-state index in [4.69, 9.17) is 10.4 Å². The van der Waals surface area contributed by atoms with Crippen molar-refractivity contribution in [1.29, 1.82) is 0 Å². The maximum atomic E-state index is 10.4. The van der Waals surface area contributed by atoms with Crippen molar-refractivity contribution in [2.75, 3.05) is 0 Å². The summed E-state index contributed by atoms with van der Waals surface area (Å²) in [5, 5.41) is 17.4. The van der Waals surface area contributed by atoms with Crippen LogP contribution in [0.3, 0.4) is 0 Å². The smallest absolute Gasteiger partial charge is 0.303 e. The lowest BCUT2D eigenvalue weighted by atomic mass is 10.1. The highest BCUT2D eigenvalue weighted by molar-refractivity contribution is 5.66. The van der Waals surface area contributed by atoms with Gasteiger partial charge in [-0.15, -0.1) is 0 Å². The van der Waals surface area contributed by atoms with Gasteiger partial charge in [-0.05, 0) is 32.1 Å². The first-order valence-electron chi connectivity index (χ1n) is 8.19. The summed E-state index contributed by atoms with van der Waals surface area (Å²) in [6.07, 6.45) is 19.5. The number of hydrogen-bond donors (Lipinski definition) is 2. The lowest BCUT2D eigenvalue weighted by Gasteiger charge is -2.08. The summed E-state index contributed by atoms with van der Waals surface area (Å²) in [6.45, 7) is 2.12. The largest absolute Gasteiger partial charge is 0.481 e. The second-order valence-electron chi connectivity index (χ2n) is 5.24. The summed E-state index contributed by atoms with van der Waals surface area (Å²) in [7, 11) is 0. The topological polar surface area (TPSA) is 66.8 Å². The quantitative estimate of drug-likeness (QED) is 0.202. The average molecular weight is 310 g/mol. The van der Waals surface area contributed by atoms with Crippen LogP contribution in [0.2, 0.25) is 0 Å². The summed E-state index contributed by atoms with van der Waals surface area (Å²) >= 11 is 0. The van der Waals surface area contributed by atoms with Crippen molar-refractivity contribution in [3.8, 4) is 0 Å². The molecule has 1 atom stereocenters. The van der Waals surface area contributed by atoms with Crippen molar-refractivity contribution in [3.63, 3.8) is 0 Å². The predicted molar refractivity (Wildman–Crippen MR) is 89.8 cm³/mol. The van der Waals surface area contributed by atoms with Crippen molar-refractivity contribution in [1.82, 2.24) is 0 Å². The Morgan fingerprint density at radius 2 is 1.64 bits per heavy atom. The van der Waals surface area contributed by atoms with Gasteiger partial charge < -0.3 is 5.11 Å². The molecular formula is C18H30O4. The van der Waals surface area contributed by atoms with E-state index < -0.39 is 5.97 Å². The second-order valence-corrected chi connectivity index (χ2v) is 5.24. The summed E-state index contributed by atoms with van der Waals surface area (Å²) in [6, 6.07) is 0. The summed E-state index contributed by atoms with van der Waals surface area (Å²) < 4.78 is 0. The van der Waals surface area contributed by atoms with Crippen LogP contribution in [0, 0.1) is 0 Å². The zero-order chi connectivity index (χ0) is 16.5. The van der Waals surface area contributed by atoms with Gasteiger partial charge in [-0.25, -0.2) is 4.89 Å². The van der Waals surface area contributed by atoms with Crippen molar-refractivity contribution < 1.29 is 20.0 Å². The highest BCUT2D eigenvalue weighted by Crippen LogP contribution is 2.10. The van der Waals surface area contributed by atoms with Crippen LogP contribution in [0.15, 0.2) is 36.5 Å². The summed E-state index contributed by atoms with van der Waals surface area (Å²) in [5.74, 6) is -0.738. The Morgan fingerprint density at radius 3 is 2.27 bits per heavy atom. The molecule has 126 valence electrons. The van der Waals surface area contributed by atoms with Gasteiger partial charge in [0.05, 0.1) is 0 Å². The number of carboxylic acids is 1. The Labute approximate surface area is 134 Å². The van der Waals surface area contributed by atoms with E-state index in [0.717, 1.165) is 44.9 Å². The molecule has 0 aliphatic heterocycles. The fourth-order valence-electron chi connectivity index (χ4n) is 2.00. The van der Waals surface area contributed by atoms with Crippen LogP contribution in [-0.2, 0) is 9.68 Å². The van der Waals surface area contributed by atoms with Crippen molar-refractivity contribution in [3.05, 3.63) is 36.5 Å². The van der Waals surface area contributed by atoms with Crippen LogP contribution in [0.5, 0.6) is 0 Å². The molecule has 1 unspecified atom stereocenters. The third-order valence-electron chi connectivity index (χ3n) is 3.23. The Balaban J connectivity index is 3.66. The van der Waals surface area contributed by atoms with E-state index in [2.05, 4.69) is 36.1 Å². The fraction of sp³-hybridized carbons (Fsp3) is 0.611. The van der Waals surface area contributed by atoms with Gasteiger partial charge in [-0.2, -0.15) is 0 Å². The Morgan fingerprint density at radius 1 is 1.00 bits per heavy atom. The molecule has 0 rings (SSSR count). The van der Waals surface area contributed by atoms with E-state index in [1.165, 1.54) is 0 Å². The van der Waals surface area contributed by atoms with Gasteiger partial charge in [0.15, 0.2) is 0 Å². The first kappa shape index (κ1) is 20.6. The number of unbranched alkanes of at least 4 members (excludes halogenated alkanes) is 3. The summed E-state index contributed by atoms with van der Waals surface area (Å²) in [4.78, 5) is 14.8. The minimum absolute atomic E-state index is 0.236. The lowest BCUT2D eigenvalue weighted by molar-refractivity contribution is -0.267. The molecule has 4 nitrogen and oxygen atoms in total. The number of hydrogen-bond acceptors (Lipinski definition) is 3. The molecule has 0 aromatic rings. The van der Waals surface area contributed by atoms with E-state index in [1.54, 1.807) is 0 Å².